The van der Waals surface area contributed by atoms with E-state index in [-0.39, 0.29) is 17.9 Å². The summed E-state index contributed by atoms with van der Waals surface area (Å²) in [5, 5.41) is 20.2. The summed E-state index contributed by atoms with van der Waals surface area (Å²) >= 11 is 0. The zero-order valence-corrected chi connectivity index (χ0v) is 11.3. The lowest BCUT2D eigenvalue weighted by Crippen LogP contribution is -2.40. The first-order valence-electron chi connectivity index (χ1n) is 6.32. The molecule has 1 aromatic carbocycles. The molecule has 0 aromatic heterocycles. The minimum atomic E-state index is -1.11. The second kappa shape index (κ2) is 5.78. The number of hydrogen-bond acceptors (Lipinski definition) is 5. The molecule has 1 saturated heterocycles. The van der Waals surface area contributed by atoms with Crippen LogP contribution < -0.4 is 4.74 Å². The second-order valence-corrected chi connectivity index (χ2v) is 4.61. The first-order valence-corrected chi connectivity index (χ1v) is 6.32. The number of aliphatic carboxylic acids is 1. The Kier molecular flexibility index (Phi) is 4.06. The highest BCUT2D eigenvalue weighted by Gasteiger charge is 2.38. The molecule has 0 saturated carbocycles. The highest BCUT2D eigenvalue weighted by atomic mass is 16.6. The quantitative estimate of drug-likeness (QED) is 0.662. The normalized spacial score (nSPS) is 17.6. The third kappa shape index (κ3) is 2.64. The van der Waals surface area contributed by atoms with Crippen molar-refractivity contribution >= 4 is 17.6 Å². The smallest absolute Gasteiger partial charge is 0.326 e. The van der Waals surface area contributed by atoms with Crippen LogP contribution in [0.25, 0.3) is 0 Å². The Balaban J connectivity index is 2.47. The van der Waals surface area contributed by atoms with Crippen molar-refractivity contribution < 1.29 is 24.4 Å². The number of nitro groups is 1. The van der Waals surface area contributed by atoms with E-state index < -0.39 is 28.5 Å². The Hall–Kier alpha value is -2.64. The average Bonchev–Trinajstić information content (AvgIpc) is 2.95. The van der Waals surface area contributed by atoms with Gasteiger partial charge in [-0.3, -0.25) is 14.9 Å². The van der Waals surface area contributed by atoms with Crippen LogP contribution in [0, 0.1) is 10.1 Å². The van der Waals surface area contributed by atoms with Crippen molar-refractivity contribution in [3.05, 3.63) is 33.9 Å². The van der Waals surface area contributed by atoms with E-state index >= 15 is 0 Å². The minimum absolute atomic E-state index is 0.0604. The molecular formula is C13H14N2O6. The van der Waals surface area contributed by atoms with E-state index in [2.05, 4.69) is 0 Å². The fourth-order valence-electron chi connectivity index (χ4n) is 2.47. The molecule has 0 bridgehead atoms. The SMILES string of the molecule is COc1cccc([N+](=O)[O-])c1C(=O)N1CCC[C@@H]1C(=O)O. The summed E-state index contributed by atoms with van der Waals surface area (Å²) in [7, 11) is 1.30. The van der Waals surface area contributed by atoms with Gasteiger partial charge in [-0.25, -0.2) is 4.79 Å². The monoisotopic (exact) mass is 294 g/mol. The molecule has 21 heavy (non-hydrogen) atoms. The number of nitrogens with zero attached hydrogens (tertiary/aromatic N) is 2. The van der Waals surface area contributed by atoms with Crippen molar-refractivity contribution in [2.75, 3.05) is 13.7 Å². The van der Waals surface area contributed by atoms with Crippen LogP contribution in [0.1, 0.15) is 23.2 Å². The van der Waals surface area contributed by atoms with Gasteiger partial charge in [0.05, 0.1) is 12.0 Å². The van der Waals surface area contributed by atoms with Gasteiger partial charge in [0, 0.05) is 12.6 Å². The molecule has 0 unspecified atom stereocenters. The number of benzene rings is 1. The number of likely N-dealkylation sites (tertiary alicyclic amines) is 1. The molecular weight excluding hydrogens is 280 g/mol. The van der Waals surface area contributed by atoms with Crippen LogP contribution in [-0.2, 0) is 4.79 Å². The van der Waals surface area contributed by atoms with E-state index in [1.165, 1.54) is 25.3 Å². The van der Waals surface area contributed by atoms with Crippen molar-refractivity contribution in [2.24, 2.45) is 0 Å². The van der Waals surface area contributed by atoms with E-state index in [1.54, 1.807) is 0 Å². The van der Waals surface area contributed by atoms with Crippen LogP contribution >= 0.6 is 0 Å². The van der Waals surface area contributed by atoms with Crippen LogP contribution in [0.2, 0.25) is 0 Å². The molecule has 0 aliphatic carbocycles. The molecule has 112 valence electrons. The number of methoxy groups -OCH3 is 1. The Morgan fingerprint density at radius 3 is 2.76 bits per heavy atom. The summed E-state index contributed by atoms with van der Waals surface area (Å²) in [6.07, 6.45) is 0.885. The zero-order chi connectivity index (χ0) is 15.6. The predicted molar refractivity (Wildman–Crippen MR) is 71.3 cm³/mol. The van der Waals surface area contributed by atoms with Crippen molar-refractivity contribution in [1.82, 2.24) is 4.90 Å². The molecule has 1 aromatic rings. The summed E-state index contributed by atoms with van der Waals surface area (Å²) in [4.78, 5) is 35.3. The van der Waals surface area contributed by atoms with Crippen LogP contribution in [0.4, 0.5) is 5.69 Å². The van der Waals surface area contributed by atoms with E-state index in [1.807, 2.05) is 0 Å². The maximum absolute atomic E-state index is 12.5. The molecule has 1 amide bonds. The van der Waals surface area contributed by atoms with E-state index in [0.29, 0.717) is 12.8 Å². The van der Waals surface area contributed by atoms with Gasteiger partial charge in [0.1, 0.15) is 11.8 Å². The number of ether oxygens (including phenoxy) is 1. The second-order valence-electron chi connectivity index (χ2n) is 4.61. The standard InChI is InChI=1S/C13H14N2O6/c1-21-10-6-2-4-8(15(19)20)11(10)12(16)14-7-3-5-9(14)13(17)18/h2,4,6,9H,3,5,7H2,1H3,(H,17,18)/t9-/m1/s1. The van der Waals surface area contributed by atoms with Gasteiger partial charge in [-0.1, -0.05) is 6.07 Å². The molecule has 1 aliphatic heterocycles. The lowest BCUT2D eigenvalue weighted by Gasteiger charge is -2.22. The summed E-state index contributed by atoms with van der Waals surface area (Å²) < 4.78 is 5.01. The lowest BCUT2D eigenvalue weighted by atomic mass is 10.1. The molecule has 1 N–H and O–H groups in total. The molecule has 1 fully saturated rings. The maximum atomic E-state index is 12.5. The van der Waals surface area contributed by atoms with Gasteiger partial charge in [-0.05, 0) is 18.9 Å². The summed E-state index contributed by atoms with van der Waals surface area (Å²) in [5.74, 6) is -1.74. The van der Waals surface area contributed by atoms with Gasteiger partial charge in [0.2, 0.25) is 0 Å². The number of carboxylic acid groups (broad SMARTS) is 1. The van der Waals surface area contributed by atoms with Crippen LogP contribution in [0.3, 0.4) is 0 Å². The summed E-state index contributed by atoms with van der Waals surface area (Å²) in [6, 6.07) is 3.09. The van der Waals surface area contributed by atoms with Crippen molar-refractivity contribution in [3.8, 4) is 5.75 Å². The molecule has 0 radical (unpaired) electrons. The number of rotatable bonds is 4. The first kappa shape index (κ1) is 14.8. The van der Waals surface area contributed by atoms with Crippen LogP contribution in [-0.4, -0.2) is 46.5 Å². The highest BCUT2D eigenvalue weighted by Crippen LogP contribution is 2.31. The molecule has 8 heteroatoms. The number of amides is 1. The molecule has 1 heterocycles. The van der Waals surface area contributed by atoms with Gasteiger partial charge < -0.3 is 14.7 Å². The number of carbonyl (C=O) groups excluding carboxylic acids is 1. The van der Waals surface area contributed by atoms with E-state index in [0.717, 1.165) is 4.90 Å². The Morgan fingerprint density at radius 1 is 1.48 bits per heavy atom. The fourth-order valence-corrected chi connectivity index (χ4v) is 2.47. The Bertz CT molecular complexity index is 600. The van der Waals surface area contributed by atoms with Crippen molar-refractivity contribution in [3.63, 3.8) is 0 Å². The van der Waals surface area contributed by atoms with Crippen LogP contribution in [0.15, 0.2) is 18.2 Å². The van der Waals surface area contributed by atoms with Crippen LogP contribution in [0.5, 0.6) is 5.75 Å². The van der Waals surface area contributed by atoms with E-state index in [4.69, 9.17) is 9.84 Å². The Morgan fingerprint density at radius 2 is 2.19 bits per heavy atom. The molecule has 8 nitrogen and oxygen atoms in total. The number of hydrogen-bond donors (Lipinski definition) is 1. The van der Waals surface area contributed by atoms with Gasteiger partial charge in [0.15, 0.2) is 5.56 Å². The van der Waals surface area contributed by atoms with Crippen molar-refractivity contribution in [2.45, 2.75) is 18.9 Å². The fraction of sp³-hybridized carbons (Fsp3) is 0.385. The first-order chi connectivity index (χ1) is 9.97. The van der Waals surface area contributed by atoms with Gasteiger partial charge >= 0.3 is 5.97 Å². The minimum Gasteiger partial charge on any atom is -0.496 e. The number of nitro benzene ring substituents is 1. The van der Waals surface area contributed by atoms with Gasteiger partial charge in [-0.2, -0.15) is 0 Å². The highest BCUT2D eigenvalue weighted by molar-refractivity contribution is 6.02. The number of carbonyl (C=O) groups is 2. The van der Waals surface area contributed by atoms with E-state index in [9.17, 15) is 19.7 Å². The summed E-state index contributed by atoms with van der Waals surface area (Å²) in [5.41, 5.74) is -0.603. The largest absolute Gasteiger partial charge is 0.496 e. The molecule has 1 aliphatic rings. The third-order valence-electron chi connectivity index (χ3n) is 3.43. The van der Waals surface area contributed by atoms with Crippen molar-refractivity contribution in [1.29, 1.82) is 0 Å². The summed E-state index contributed by atoms with van der Waals surface area (Å²) in [6.45, 7) is 0.255. The average molecular weight is 294 g/mol. The third-order valence-corrected chi connectivity index (χ3v) is 3.43. The van der Waals surface area contributed by atoms with Gasteiger partial charge in [-0.15, -0.1) is 0 Å². The predicted octanol–water partition coefficient (Wildman–Crippen LogP) is 1.29. The molecule has 2 rings (SSSR count). The van der Waals surface area contributed by atoms with Gasteiger partial charge in [0.25, 0.3) is 11.6 Å². The molecule has 1 atom stereocenters. The Labute approximate surface area is 120 Å². The number of carboxylic acids is 1. The lowest BCUT2D eigenvalue weighted by molar-refractivity contribution is -0.385. The zero-order valence-electron chi connectivity index (χ0n) is 11.3. The topological polar surface area (TPSA) is 110 Å². The molecule has 0 spiro atoms. The maximum Gasteiger partial charge on any atom is 0.326 e.